The Hall–Kier alpha value is -2.02. The fraction of sp³-hybridized carbons (Fsp3) is 0.385. The summed E-state index contributed by atoms with van der Waals surface area (Å²) in [5, 5.41) is 2.97. The van der Waals surface area contributed by atoms with Gasteiger partial charge in [-0.2, -0.15) is 8.78 Å². The maximum Gasteiger partial charge on any atom is 0.387 e. The fourth-order valence-electron chi connectivity index (χ4n) is 1.94. The molecule has 0 bridgehead atoms. The number of hydrogen-bond acceptors (Lipinski definition) is 4. The number of benzene rings is 1. The maximum absolute atomic E-state index is 12.0. The Balaban J connectivity index is 1.88. The number of nitrogens with one attached hydrogen (secondary N) is 1. The van der Waals surface area contributed by atoms with Crippen molar-refractivity contribution in [1.29, 1.82) is 0 Å². The van der Waals surface area contributed by atoms with Crippen LogP contribution in [0, 0.1) is 0 Å². The van der Waals surface area contributed by atoms with Crippen molar-refractivity contribution in [3.05, 3.63) is 29.8 Å². The molecule has 5 nitrogen and oxygen atoms in total. The summed E-state index contributed by atoms with van der Waals surface area (Å²) in [6.07, 6.45) is 0.141. The van der Waals surface area contributed by atoms with E-state index in [1.165, 1.54) is 19.2 Å². The highest BCUT2D eigenvalue weighted by Gasteiger charge is 2.35. The molecule has 0 radical (unpaired) electrons. The lowest BCUT2D eigenvalue weighted by molar-refractivity contribution is -0.137. The van der Waals surface area contributed by atoms with E-state index < -0.39 is 12.7 Å². The van der Waals surface area contributed by atoms with E-state index >= 15 is 0 Å². The summed E-state index contributed by atoms with van der Waals surface area (Å²) in [5.41, 5.74) is 0.807. The third kappa shape index (κ3) is 3.30. The average Bonchev–Trinajstić information content (AvgIpc) is 2.65. The van der Waals surface area contributed by atoms with Crippen molar-refractivity contribution in [2.24, 2.45) is 0 Å². The van der Waals surface area contributed by atoms with Crippen LogP contribution in [0.5, 0.6) is 5.75 Å². The highest BCUT2D eigenvalue weighted by Crippen LogP contribution is 2.16. The molecule has 1 unspecified atom stereocenters. The first-order chi connectivity index (χ1) is 9.47. The molecule has 1 N–H and O–H groups in total. The number of hydrogen-bond donors (Lipinski definition) is 1. The normalized spacial score (nSPS) is 19.0. The number of halogens is 2. The number of carbonyl (C=O) groups excluding carboxylic acids is 2. The van der Waals surface area contributed by atoms with Crippen molar-refractivity contribution in [3.8, 4) is 5.75 Å². The van der Waals surface area contributed by atoms with Gasteiger partial charge in [0.1, 0.15) is 5.75 Å². The van der Waals surface area contributed by atoms with Crippen LogP contribution in [-0.2, 0) is 16.1 Å². The molecule has 1 aromatic rings. The summed E-state index contributed by atoms with van der Waals surface area (Å²) >= 11 is 0. The number of amides is 2. The first-order valence-corrected chi connectivity index (χ1v) is 6.05. The molecule has 2 rings (SSSR count). The van der Waals surface area contributed by atoms with Gasteiger partial charge in [0.15, 0.2) is 0 Å². The monoisotopic (exact) mass is 284 g/mol. The number of ether oxygens (including phenoxy) is 1. The smallest absolute Gasteiger partial charge is 0.387 e. The summed E-state index contributed by atoms with van der Waals surface area (Å²) in [6.45, 7) is -2.48. The lowest BCUT2D eigenvalue weighted by Crippen LogP contribution is -2.36. The van der Waals surface area contributed by atoms with Crippen molar-refractivity contribution in [2.45, 2.75) is 25.6 Å². The Bertz CT molecular complexity index is 505. The zero-order valence-electron chi connectivity index (χ0n) is 10.8. The van der Waals surface area contributed by atoms with E-state index in [9.17, 15) is 18.4 Å². The van der Waals surface area contributed by atoms with Crippen LogP contribution in [0.3, 0.4) is 0 Å². The van der Waals surface area contributed by atoms with Crippen molar-refractivity contribution in [2.75, 3.05) is 7.05 Å². The molecule has 1 heterocycles. The van der Waals surface area contributed by atoms with E-state index in [1.54, 1.807) is 12.1 Å². The largest absolute Gasteiger partial charge is 0.435 e. The Labute approximate surface area is 114 Å². The van der Waals surface area contributed by atoms with Crippen molar-refractivity contribution in [3.63, 3.8) is 0 Å². The third-order valence-corrected chi connectivity index (χ3v) is 3.08. The predicted octanol–water partition coefficient (Wildman–Crippen LogP) is 1.13. The Morgan fingerprint density at radius 1 is 1.35 bits per heavy atom. The summed E-state index contributed by atoms with van der Waals surface area (Å²) in [7, 11) is 1.45. The van der Waals surface area contributed by atoms with Crippen LogP contribution in [0.25, 0.3) is 0 Å². The number of likely N-dealkylation sites (tertiary alicyclic amines) is 1. The number of alkyl halides is 2. The molecule has 1 saturated heterocycles. The van der Waals surface area contributed by atoms with Crippen LogP contribution in [0.1, 0.15) is 12.0 Å². The van der Waals surface area contributed by atoms with Crippen LogP contribution in [0.2, 0.25) is 0 Å². The van der Waals surface area contributed by atoms with Crippen LogP contribution in [-0.4, -0.2) is 36.4 Å². The van der Waals surface area contributed by atoms with Crippen molar-refractivity contribution >= 4 is 11.8 Å². The second-order valence-electron chi connectivity index (χ2n) is 4.45. The molecule has 0 spiro atoms. The lowest BCUT2D eigenvalue weighted by Gasteiger charge is -2.11. The van der Waals surface area contributed by atoms with Gasteiger partial charge in [-0.15, -0.1) is 0 Å². The summed E-state index contributed by atoms with van der Waals surface area (Å²) in [4.78, 5) is 24.1. The minimum absolute atomic E-state index is 0.0793. The molecular weight excluding hydrogens is 270 g/mol. The molecule has 0 aromatic heterocycles. The molecule has 0 aliphatic carbocycles. The minimum atomic E-state index is -2.85. The van der Waals surface area contributed by atoms with Gasteiger partial charge in [0.2, 0.25) is 11.8 Å². The van der Waals surface area contributed by atoms with Gasteiger partial charge >= 0.3 is 6.61 Å². The van der Waals surface area contributed by atoms with Gasteiger partial charge in [-0.05, 0) is 17.7 Å². The molecule has 108 valence electrons. The summed E-state index contributed by atoms with van der Waals surface area (Å²) in [6, 6.07) is 5.57. The fourth-order valence-corrected chi connectivity index (χ4v) is 1.94. The summed E-state index contributed by atoms with van der Waals surface area (Å²) in [5.74, 6) is -0.392. The van der Waals surface area contributed by atoms with Gasteiger partial charge in [0, 0.05) is 13.6 Å². The summed E-state index contributed by atoms with van der Waals surface area (Å²) < 4.78 is 28.2. The molecule has 1 aliphatic heterocycles. The van der Waals surface area contributed by atoms with Crippen LogP contribution in [0.4, 0.5) is 8.78 Å². The zero-order valence-corrected chi connectivity index (χ0v) is 10.8. The number of rotatable bonds is 5. The van der Waals surface area contributed by atoms with Gasteiger partial charge in [0.05, 0.1) is 12.5 Å². The molecule has 0 saturated carbocycles. The number of carbonyl (C=O) groups is 2. The van der Waals surface area contributed by atoms with E-state index in [2.05, 4.69) is 10.1 Å². The standard InChI is InChI=1S/C13H14F2N2O3/c1-17-11(18)6-10(12(17)19)16-7-8-2-4-9(5-3-8)20-13(14)15/h2-5,10,13,16H,6-7H2,1H3. The Morgan fingerprint density at radius 3 is 2.50 bits per heavy atom. The molecule has 2 amide bonds. The second kappa shape index (κ2) is 5.96. The quantitative estimate of drug-likeness (QED) is 0.824. The van der Waals surface area contributed by atoms with Crippen LogP contribution in [0.15, 0.2) is 24.3 Å². The average molecular weight is 284 g/mol. The van der Waals surface area contributed by atoms with Crippen molar-refractivity contribution < 1.29 is 23.1 Å². The molecule has 20 heavy (non-hydrogen) atoms. The molecular formula is C13H14F2N2O3. The van der Waals surface area contributed by atoms with E-state index in [0.717, 1.165) is 10.5 Å². The molecule has 1 aromatic carbocycles. The minimum Gasteiger partial charge on any atom is -0.435 e. The van der Waals surface area contributed by atoms with Crippen LogP contribution >= 0.6 is 0 Å². The number of nitrogens with zero attached hydrogens (tertiary/aromatic N) is 1. The van der Waals surface area contributed by atoms with Gasteiger partial charge in [-0.1, -0.05) is 12.1 Å². The zero-order chi connectivity index (χ0) is 14.7. The highest BCUT2D eigenvalue weighted by atomic mass is 19.3. The van der Waals surface area contributed by atoms with E-state index in [0.29, 0.717) is 6.54 Å². The van der Waals surface area contributed by atoms with Gasteiger partial charge < -0.3 is 10.1 Å². The maximum atomic E-state index is 12.0. The lowest BCUT2D eigenvalue weighted by atomic mass is 10.2. The first-order valence-electron chi connectivity index (χ1n) is 6.05. The molecule has 1 aliphatic rings. The molecule has 1 atom stereocenters. The van der Waals surface area contributed by atoms with Crippen molar-refractivity contribution in [1.82, 2.24) is 10.2 Å². The van der Waals surface area contributed by atoms with E-state index in [4.69, 9.17) is 0 Å². The first kappa shape index (κ1) is 14.4. The second-order valence-corrected chi connectivity index (χ2v) is 4.45. The van der Waals surface area contributed by atoms with Gasteiger partial charge in [-0.25, -0.2) is 0 Å². The molecule has 7 heteroatoms. The Kier molecular flexibility index (Phi) is 4.29. The molecule has 1 fully saturated rings. The van der Waals surface area contributed by atoms with Crippen LogP contribution < -0.4 is 10.1 Å². The highest BCUT2D eigenvalue weighted by molar-refractivity contribution is 6.05. The topological polar surface area (TPSA) is 58.6 Å². The third-order valence-electron chi connectivity index (χ3n) is 3.08. The van der Waals surface area contributed by atoms with E-state index in [1.807, 2.05) is 0 Å². The van der Waals surface area contributed by atoms with E-state index in [-0.39, 0.29) is 24.0 Å². The predicted molar refractivity (Wildman–Crippen MR) is 66.1 cm³/mol. The van der Waals surface area contributed by atoms with Gasteiger partial charge in [0.25, 0.3) is 0 Å². The number of likely N-dealkylation sites (N-methyl/N-ethyl adjacent to an activating group) is 1. The SMILES string of the molecule is CN1C(=O)CC(NCc2ccc(OC(F)F)cc2)C1=O. The number of imide groups is 1. The van der Waals surface area contributed by atoms with Gasteiger partial charge in [-0.3, -0.25) is 14.5 Å². The Morgan fingerprint density at radius 2 is 2.00 bits per heavy atom.